The first-order valence-corrected chi connectivity index (χ1v) is 7.27. The molecule has 4 heteroatoms. The lowest BCUT2D eigenvalue weighted by Crippen LogP contribution is -2.20. The molecule has 0 fully saturated rings. The molecule has 2 nitrogen and oxygen atoms in total. The van der Waals surface area contributed by atoms with Crippen molar-refractivity contribution in [3.63, 3.8) is 0 Å². The van der Waals surface area contributed by atoms with Gasteiger partial charge < -0.3 is 5.32 Å². The average Bonchev–Trinajstić information content (AvgIpc) is 2.45. The van der Waals surface area contributed by atoms with Crippen LogP contribution >= 0.6 is 23.2 Å². The fourth-order valence-corrected chi connectivity index (χ4v) is 2.32. The average molecular weight is 320 g/mol. The van der Waals surface area contributed by atoms with E-state index in [9.17, 15) is 4.79 Å². The maximum atomic E-state index is 11.8. The molecule has 2 rings (SSSR count). The standard InChI is InChI=1S/C17H15Cl2NO/c1-12-4-2-3-5-14(12)11-20-17(21)9-7-13-6-8-15(18)10-16(13)19/h2-10H,11H2,1H3,(H,20,21). The number of halogens is 2. The lowest BCUT2D eigenvalue weighted by atomic mass is 10.1. The predicted octanol–water partition coefficient (Wildman–Crippen LogP) is 4.63. The van der Waals surface area contributed by atoms with Gasteiger partial charge in [0, 0.05) is 22.7 Å². The van der Waals surface area contributed by atoms with Crippen LogP contribution in [-0.4, -0.2) is 5.91 Å². The zero-order valence-electron chi connectivity index (χ0n) is 11.6. The van der Waals surface area contributed by atoms with Crippen LogP contribution in [0.3, 0.4) is 0 Å². The Morgan fingerprint density at radius 2 is 1.95 bits per heavy atom. The Hall–Kier alpha value is -1.77. The number of benzene rings is 2. The molecule has 2 aromatic rings. The van der Waals surface area contributed by atoms with Crippen LogP contribution in [0.1, 0.15) is 16.7 Å². The molecule has 1 amide bonds. The molecule has 0 atom stereocenters. The van der Waals surface area contributed by atoms with Crippen LogP contribution in [0, 0.1) is 6.92 Å². The molecule has 0 saturated carbocycles. The summed E-state index contributed by atoms with van der Waals surface area (Å²) < 4.78 is 0. The molecule has 0 saturated heterocycles. The van der Waals surface area contributed by atoms with Crippen molar-refractivity contribution in [1.29, 1.82) is 0 Å². The summed E-state index contributed by atoms with van der Waals surface area (Å²) in [6, 6.07) is 13.1. The van der Waals surface area contributed by atoms with E-state index in [0.717, 1.165) is 16.7 Å². The van der Waals surface area contributed by atoms with Crippen molar-refractivity contribution < 1.29 is 4.79 Å². The molecule has 2 aromatic carbocycles. The van der Waals surface area contributed by atoms with E-state index < -0.39 is 0 Å². The molecule has 0 radical (unpaired) electrons. The van der Waals surface area contributed by atoms with Crippen LogP contribution < -0.4 is 5.32 Å². The number of aryl methyl sites for hydroxylation is 1. The number of rotatable bonds is 4. The second-order valence-electron chi connectivity index (χ2n) is 4.64. The van der Waals surface area contributed by atoms with Crippen molar-refractivity contribution in [3.8, 4) is 0 Å². The lowest BCUT2D eigenvalue weighted by Gasteiger charge is -2.05. The molecule has 0 spiro atoms. The first-order valence-electron chi connectivity index (χ1n) is 6.52. The minimum absolute atomic E-state index is 0.163. The minimum atomic E-state index is -0.163. The first-order chi connectivity index (χ1) is 10.1. The lowest BCUT2D eigenvalue weighted by molar-refractivity contribution is -0.116. The van der Waals surface area contributed by atoms with Crippen LogP contribution in [0.15, 0.2) is 48.5 Å². The minimum Gasteiger partial charge on any atom is -0.348 e. The summed E-state index contributed by atoms with van der Waals surface area (Å²) in [7, 11) is 0. The molecular formula is C17H15Cl2NO. The zero-order valence-corrected chi connectivity index (χ0v) is 13.1. The zero-order chi connectivity index (χ0) is 15.2. The molecule has 0 bridgehead atoms. The van der Waals surface area contributed by atoms with Gasteiger partial charge in [-0.1, -0.05) is 53.5 Å². The molecule has 0 heterocycles. The van der Waals surface area contributed by atoms with E-state index in [0.29, 0.717) is 16.6 Å². The van der Waals surface area contributed by atoms with Crippen LogP contribution in [-0.2, 0) is 11.3 Å². The highest BCUT2D eigenvalue weighted by atomic mass is 35.5. The topological polar surface area (TPSA) is 29.1 Å². The molecule has 0 unspecified atom stereocenters. The fourth-order valence-electron chi connectivity index (χ4n) is 1.85. The maximum Gasteiger partial charge on any atom is 0.244 e. The van der Waals surface area contributed by atoms with Crippen molar-refractivity contribution in [2.75, 3.05) is 0 Å². The van der Waals surface area contributed by atoms with Crippen LogP contribution in [0.5, 0.6) is 0 Å². The first kappa shape index (κ1) is 15.6. The SMILES string of the molecule is Cc1ccccc1CNC(=O)C=Cc1ccc(Cl)cc1Cl. The molecular weight excluding hydrogens is 305 g/mol. The Morgan fingerprint density at radius 3 is 2.67 bits per heavy atom. The summed E-state index contributed by atoms with van der Waals surface area (Å²) in [5, 5.41) is 3.94. The third kappa shape index (κ3) is 4.62. The molecule has 1 N–H and O–H groups in total. The number of carbonyl (C=O) groups excluding carboxylic acids is 1. The summed E-state index contributed by atoms with van der Waals surface area (Å²) in [5.41, 5.74) is 3.01. The fraction of sp³-hybridized carbons (Fsp3) is 0.118. The third-order valence-electron chi connectivity index (χ3n) is 3.09. The highest BCUT2D eigenvalue weighted by molar-refractivity contribution is 6.35. The number of hydrogen-bond acceptors (Lipinski definition) is 1. The molecule has 21 heavy (non-hydrogen) atoms. The quantitative estimate of drug-likeness (QED) is 0.818. The molecule has 0 aliphatic heterocycles. The van der Waals surface area contributed by atoms with Gasteiger partial charge in [0.1, 0.15) is 0 Å². The van der Waals surface area contributed by atoms with E-state index >= 15 is 0 Å². The van der Waals surface area contributed by atoms with E-state index in [4.69, 9.17) is 23.2 Å². The van der Waals surface area contributed by atoms with Gasteiger partial charge in [0.05, 0.1) is 0 Å². The molecule has 0 aliphatic rings. The van der Waals surface area contributed by atoms with Gasteiger partial charge in [-0.25, -0.2) is 0 Å². The summed E-state index contributed by atoms with van der Waals surface area (Å²) in [5.74, 6) is -0.163. The van der Waals surface area contributed by atoms with Crippen molar-refractivity contribution in [2.45, 2.75) is 13.5 Å². The monoisotopic (exact) mass is 319 g/mol. The maximum absolute atomic E-state index is 11.8. The second kappa shape index (κ2) is 7.30. The summed E-state index contributed by atoms with van der Waals surface area (Å²) in [6.07, 6.45) is 3.14. The molecule has 0 aromatic heterocycles. The molecule has 0 aliphatic carbocycles. The van der Waals surface area contributed by atoms with E-state index in [-0.39, 0.29) is 5.91 Å². The smallest absolute Gasteiger partial charge is 0.244 e. The normalized spacial score (nSPS) is 10.8. The van der Waals surface area contributed by atoms with Gasteiger partial charge in [-0.2, -0.15) is 0 Å². The van der Waals surface area contributed by atoms with E-state index in [1.54, 1.807) is 24.3 Å². The highest BCUT2D eigenvalue weighted by Gasteiger charge is 2.01. The summed E-state index contributed by atoms with van der Waals surface area (Å²) >= 11 is 11.9. The van der Waals surface area contributed by atoms with E-state index in [1.807, 2.05) is 31.2 Å². The van der Waals surface area contributed by atoms with Crippen LogP contribution in [0.25, 0.3) is 6.08 Å². The van der Waals surface area contributed by atoms with Gasteiger partial charge in [-0.3, -0.25) is 4.79 Å². The van der Waals surface area contributed by atoms with Gasteiger partial charge in [-0.15, -0.1) is 0 Å². The van der Waals surface area contributed by atoms with Gasteiger partial charge in [0.2, 0.25) is 5.91 Å². The Labute approximate surface area is 134 Å². The van der Waals surface area contributed by atoms with Gasteiger partial charge in [0.25, 0.3) is 0 Å². The van der Waals surface area contributed by atoms with Crippen molar-refractivity contribution in [2.24, 2.45) is 0 Å². The summed E-state index contributed by atoms with van der Waals surface area (Å²) in [4.78, 5) is 11.8. The van der Waals surface area contributed by atoms with Crippen LogP contribution in [0.2, 0.25) is 10.0 Å². The van der Waals surface area contributed by atoms with Crippen LogP contribution in [0.4, 0.5) is 0 Å². The number of amides is 1. The largest absolute Gasteiger partial charge is 0.348 e. The Balaban J connectivity index is 1.95. The van der Waals surface area contributed by atoms with Crippen molar-refractivity contribution >= 4 is 35.2 Å². The highest BCUT2D eigenvalue weighted by Crippen LogP contribution is 2.21. The number of carbonyl (C=O) groups is 1. The van der Waals surface area contributed by atoms with Gasteiger partial charge in [-0.05, 0) is 41.8 Å². The molecule has 108 valence electrons. The van der Waals surface area contributed by atoms with Gasteiger partial charge >= 0.3 is 0 Å². The Morgan fingerprint density at radius 1 is 1.19 bits per heavy atom. The number of nitrogens with one attached hydrogen (secondary N) is 1. The van der Waals surface area contributed by atoms with E-state index in [1.165, 1.54) is 6.08 Å². The van der Waals surface area contributed by atoms with Crippen molar-refractivity contribution in [1.82, 2.24) is 5.32 Å². The summed E-state index contributed by atoms with van der Waals surface area (Å²) in [6.45, 7) is 2.52. The second-order valence-corrected chi connectivity index (χ2v) is 5.49. The van der Waals surface area contributed by atoms with Crippen molar-refractivity contribution in [3.05, 3.63) is 75.3 Å². The Bertz CT molecular complexity index is 680. The van der Waals surface area contributed by atoms with Gasteiger partial charge in [0.15, 0.2) is 0 Å². The third-order valence-corrected chi connectivity index (χ3v) is 3.65. The number of hydrogen-bond donors (Lipinski definition) is 1. The predicted molar refractivity (Wildman–Crippen MR) is 88.5 cm³/mol. The van der Waals surface area contributed by atoms with E-state index in [2.05, 4.69) is 5.32 Å². The Kier molecular flexibility index (Phi) is 5.43.